The molecule has 4 rings (SSSR count). The third-order valence-corrected chi connectivity index (χ3v) is 7.04. The van der Waals surface area contributed by atoms with Crippen molar-refractivity contribution in [3.05, 3.63) is 52.4 Å². The molecule has 1 amide bonds. The normalized spacial score (nSPS) is 22.0. The van der Waals surface area contributed by atoms with E-state index in [9.17, 15) is 14.4 Å². The predicted octanol–water partition coefficient (Wildman–Crippen LogP) is 4.65. The monoisotopic (exact) mass is 464 g/mol. The van der Waals surface area contributed by atoms with Crippen LogP contribution in [0.5, 0.6) is 5.75 Å². The van der Waals surface area contributed by atoms with Gasteiger partial charge in [-0.15, -0.1) is 0 Å². The molecule has 0 spiro atoms. The molecule has 2 aliphatic carbocycles. The van der Waals surface area contributed by atoms with Crippen molar-refractivity contribution in [2.24, 2.45) is 16.6 Å². The molecule has 0 saturated carbocycles. The Bertz CT molecular complexity index is 1060. The number of amides is 1. The van der Waals surface area contributed by atoms with E-state index in [1.165, 1.54) is 0 Å². The van der Waals surface area contributed by atoms with Crippen LogP contribution < -0.4 is 10.5 Å². The number of carbonyl (C=O) groups excluding carboxylic acids is 3. The second-order valence-corrected chi connectivity index (χ2v) is 11.5. The molecule has 0 radical (unpaired) electrons. The summed E-state index contributed by atoms with van der Waals surface area (Å²) in [5.74, 6) is -0.233. The highest BCUT2D eigenvalue weighted by atomic mass is 16.5. The molecule has 0 unspecified atom stereocenters. The van der Waals surface area contributed by atoms with Crippen LogP contribution in [0.1, 0.15) is 78.2 Å². The summed E-state index contributed by atoms with van der Waals surface area (Å²) in [7, 11) is 0. The zero-order valence-corrected chi connectivity index (χ0v) is 21.0. The van der Waals surface area contributed by atoms with E-state index in [2.05, 4.69) is 39.5 Å². The molecule has 0 atom stereocenters. The van der Waals surface area contributed by atoms with Gasteiger partial charge in [-0.2, -0.15) is 0 Å². The predicted molar refractivity (Wildman–Crippen MR) is 131 cm³/mol. The number of ketones is 2. The molecule has 34 heavy (non-hydrogen) atoms. The van der Waals surface area contributed by atoms with Crippen molar-refractivity contribution in [3.8, 4) is 5.75 Å². The highest BCUT2D eigenvalue weighted by Gasteiger charge is 2.48. The number of nitrogens with zero attached hydrogens (tertiary/aromatic N) is 1. The van der Waals surface area contributed by atoms with Crippen LogP contribution in [0, 0.1) is 10.8 Å². The molecule has 182 valence electrons. The van der Waals surface area contributed by atoms with Gasteiger partial charge in [-0.1, -0.05) is 46.8 Å². The van der Waals surface area contributed by atoms with Crippen LogP contribution in [0.4, 0.5) is 0 Å². The molecular formula is C28H36N2O4. The van der Waals surface area contributed by atoms with Gasteiger partial charge in [0.2, 0.25) is 0 Å². The summed E-state index contributed by atoms with van der Waals surface area (Å²) in [5, 5.41) is 0. The van der Waals surface area contributed by atoms with Crippen molar-refractivity contribution in [3.63, 3.8) is 0 Å². The second kappa shape index (κ2) is 8.71. The molecule has 1 aliphatic heterocycles. The number of allylic oxidation sites excluding steroid dienone is 4. The number of Topliss-reactive ketones (excluding diaryl/α,β-unsaturated/α-hetero) is 2. The molecule has 6 nitrogen and oxygen atoms in total. The second-order valence-electron chi connectivity index (χ2n) is 11.5. The summed E-state index contributed by atoms with van der Waals surface area (Å²) in [4.78, 5) is 40.9. The molecule has 0 bridgehead atoms. The first-order chi connectivity index (χ1) is 15.9. The summed E-state index contributed by atoms with van der Waals surface area (Å²) < 4.78 is 5.56. The molecule has 0 fully saturated rings. The van der Waals surface area contributed by atoms with Gasteiger partial charge in [-0.25, -0.2) is 0 Å². The minimum atomic E-state index is -0.553. The molecule has 2 N–H and O–H groups in total. The molecule has 1 heterocycles. The smallest absolute Gasteiger partial charge is 0.255 e. The minimum absolute atomic E-state index is 0.116. The van der Waals surface area contributed by atoms with Gasteiger partial charge in [0.05, 0.1) is 0 Å². The third kappa shape index (κ3) is 4.55. The lowest BCUT2D eigenvalue weighted by Gasteiger charge is -2.49. The summed E-state index contributed by atoms with van der Waals surface area (Å²) in [6.45, 7) is 11.3. The summed E-state index contributed by atoms with van der Waals surface area (Å²) in [5.41, 5.74) is 9.48. The highest BCUT2D eigenvalue weighted by Crippen LogP contribution is 2.54. The van der Waals surface area contributed by atoms with E-state index in [1.807, 2.05) is 18.2 Å². The van der Waals surface area contributed by atoms with Crippen molar-refractivity contribution in [1.29, 1.82) is 0 Å². The Kier molecular flexibility index (Phi) is 6.21. The first kappa shape index (κ1) is 24.2. The standard InChI is InChI=1S/C28H36N2O4/c1-6-10-30-19-12-27(2,3)14-21(31)25(19)24(26-20(30)13-28(4,5)15-22(26)32)17-8-7-9-18(11-17)34-16-23(29)33/h7-9,11,24H,6,10,12-16H2,1-5H3,(H2,29,33). The van der Waals surface area contributed by atoms with Crippen molar-refractivity contribution in [1.82, 2.24) is 4.90 Å². The third-order valence-electron chi connectivity index (χ3n) is 7.04. The number of primary amides is 1. The summed E-state index contributed by atoms with van der Waals surface area (Å²) in [6.07, 6.45) is 3.45. The number of hydrogen-bond acceptors (Lipinski definition) is 5. The minimum Gasteiger partial charge on any atom is -0.484 e. The van der Waals surface area contributed by atoms with Crippen LogP contribution in [-0.4, -0.2) is 35.5 Å². The molecule has 0 saturated heterocycles. The average Bonchev–Trinajstić information content (AvgIpc) is 2.71. The quantitative estimate of drug-likeness (QED) is 0.662. The summed E-state index contributed by atoms with van der Waals surface area (Å²) >= 11 is 0. The summed E-state index contributed by atoms with van der Waals surface area (Å²) in [6, 6.07) is 7.41. The van der Waals surface area contributed by atoms with E-state index in [-0.39, 0.29) is 29.0 Å². The maximum Gasteiger partial charge on any atom is 0.255 e. The van der Waals surface area contributed by atoms with E-state index in [0.29, 0.717) is 18.6 Å². The Morgan fingerprint density at radius 2 is 1.56 bits per heavy atom. The fourth-order valence-electron chi connectivity index (χ4n) is 5.81. The van der Waals surface area contributed by atoms with Crippen molar-refractivity contribution in [2.75, 3.05) is 13.2 Å². The van der Waals surface area contributed by atoms with Gasteiger partial charge >= 0.3 is 0 Å². The zero-order valence-electron chi connectivity index (χ0n) is 21.0. The molecule has 0 aromatic heterocycles. The lowest BCUT2D eigenvalue weighted by Crippen LogP contribution is -2.44. The number of benzene rings is 1. The van der Waals surface area contributed by atoms with Crippen LogP contribution in [-0.2, 0) is 14.4 Å². The van der Waals surface area contributed by atoms with Gasteiger partial charge in [0, 0.05) is 47.8 Å². The van der Waals surface area contributed by atoms with E-state index in [4.69, 9.17) is 10.5 Å². The van der Waals surface area contributed by atoms with E-state index >= 15 is 0 Å². The Morgan fingerprint density at radius 1 is 1.00 bits per heavy atom. The van der Waals surface area contributed by atoms with Crippen molar-refractivity contribution >= 4 is 17.5 Å². The van der Waals surface area contributed by atoms with Crippen LogP contribution >= 0.6 is 0 Å². The number of ether oxygens (including phenoxy) is 1. The molecular weight excluding hydrogens is 428 g/mol. The van der Waals surface area contributed by atoms with Gasteiger partial charge in [0.15, 0.2) is 18.2 Å². The Morgan fingerprint density at radius 3 is 2.06 bits per heavy atom. The first-order valence-electron chi connectivity index (χ1n) is 12.2. The van der Waals surface area contributed by atoms with Gasteiger partial charge in [0.1, 0.15) is 5.75 Å². The first-order valence-corrected chi connectivity index (χ1v) is 12.2. The highest BCUT2D eigenvalue weighted by molar-refractivity contribution is 6.06. The fourth-order valence-corrected chi connectivity index (χ4v) is 5.81. The van der Waals surface area contributed by atoms with Crippen LogP contribution in [0.3, 0.4) is 0 Å². The molecule has 3 aliphatic rings. The van der Waals surface area contributed by atoms with Gasteiger partial charge in [-0.05, 0) is 47.8 Å². The maximum absolute atomic E-state index is 13.7. The lowest BCUT2D eigenvalue weighted by atomic mass is 9.63. The number of rotatable bonds is 6. The zero-order chi connectivity index (χ0) is 24.8. The van der Waals surface area contributed by atoms with E-state index < -0.39 is 11.8 Å². The molecule has 1 aromatic rings. The Balaban J connectivity index is 1.92. The Labute approximate surface area is 202 Å². The molecule has 6 heteroatoms. The molecule has 1 aromatic carbocycles. The van der Waals surface area contributed by atoms with E-state index in [1.54, 1.807) is 6.07 Å². The number of hydrogen-bond donors (Lipinski definition) is 1. The van der Waals surface area contributed by atoms with Gasteiger partial charge in [0.25, 0.3) is 5.91 Å². The van der Waals surface area contributed by atoms with Gasteiger partial charge < -0.3 is 15.4 Å². The number of carbonyl (C=O) groups is 3. The van der Waals surface area contributed by atoms with Crippen molar-refractivity contribution < 1.29 is 19.1 Å². The number of nitrogens with two attached hydrogens (primary N) is 1. The fraction of sp³-hybridized carbons (Fsp3) is 0.536. The van der Waals surface area contributed by atoms with Crippen LogP contribution in [0.2, 0.25) is 0 Å². The van der Waals surface area contributed by atoms with Crippen LogP contribution in [0.15, 0.2) is 46.8 Å². The SMILES string of the molecule is CCCN1C2=C(C(=O)CC(C)(C)C2)C(c2cccc(OCC(N)=O)c2)C2=C1CC(C)(C)CC2=O. The lowest BCUT2D eigenvalue weighted by molar-refractivity contribution is -0.120. The van der Waals surface area contributed by atoms with Gasteiger partial charge in [-0.3, -0.25) is 14.4 Å². The van der Waals surface area contributed by atoms with Crippen molar-refractivity contribution in [2.45, 2.75) is 72.6 Å². The average molecular weight is 465 g/mol. The topological polar surface area (TPSA) is 89.7 Å². The maximum atomic E-state index is 13.7. The largest absolute Gasteiger partial charge is 0.484 e. The Hall–Kier alpha value is -2.89. The van der Waals surface area contributed by atoms with E-state index in [0.717, 1.165) is 53.9 Å². The van der Waals surface area contributed by atoms with Crippen LogP contribution in [0.25, 0.3) is 0 Å².